The summed E-state index contributed by atoms with van der Waals surface area (Å²) in [5.41, 5.74) is 4.13. The second-order valence-corrected chi connectivity index (χ2v) is 10.2. The summed E-state index contributed by atoms with van der Waals surface area (Å²) in [6, 6.07) is 17.8. The second-order valence-electron chi connectivity index (χ2n) is 10.2. The van der Waals surface area contributed by atoms with Gasteiger partial charge in [-0.05, 0) is 71.7 Å². The summed E-state index contributed by atoms with van der Waals surface area (Å²) < 4.78 is 0. The zero-order valence-corrected chi connectivity index (χ0v) is 18.9. The van der Waals surface area contributed by atoms with E-state index in [0.29, 0.717) is 34.8 Å². The number of carbonyl (C=O) groups excluding carboxylic acids is 2. The van der Waals surface area contributed by atoms with E-state index in [1.165, 1.54) is 10.9 Å². The van der Waals surface area contributed by atoms with E-state index in [9.17, 15) is 9.59 Å². The first-order valence-electron chi connectivity index (χ1n) is 11.9. The van der Waals surface area contributed by atoms with Crippen LogP contribution in [0.4, 0.5) is 0 Å². The van der Waals surface area contributed by atoms with E-state index in [1.807, 2.05) is 40.1 Å². The smallest absolute Gasteiger partial charge is 0.253 e. The number of fused-ring (bicyclic) bond motifs is 6. The summed E-state index contributed by atoms with van der Waals surface area (Å²) in [6.07, 6.45) is 0. The topological polar surface area (TPSA) is 82.2 Å². The molecule has 7 rings (SSSR count). The van der Waals surface area contributed by atoms with Crippen molar-refractivity contribution in [1.29, 1.82) is 0 Å². The second kappa shape index (κ2) is 7.13. The van der Waals surface area contributed by atoms with Crippen LogP contribution in [-0.2, 0) is 0 Å². The third kappa shape index (κ3) is 2.89. The SMILES string of the molecule is Cc1ccc2cc(C(=O)N3C[C@@H]4[C@H](C3)[C@H]3CN(C(=O)c5ccc6n[nH]nc6c5)C[C@@H]43)ccc2c1. The zero-order chi connectivity index (χ0) is 23.0. The summed E-state index contributed by atoms with van der Waals surface area (Å²) in [5, 5.41) is 13.0. The standard InChI is InChI=1S/C27H25N5O2/c1-15-2-3-17-9-18(5-4-16(17)8-15)26(33)31-11-20-21(12-31)23-14-32(13-22(20)23)27(34)19-6-7-24-25(10-19)29-30-28-24/h2-10,20-23H,11-14H2,1H3,(H,28,29,30)/t20-,21+,22+,23-. The van der Waals surface area contributed by atoms with Crippen LogP contribution in [-0.4, -0.2) is 63.2 Å². The van der Waals surface area contributed by atoms with Gasteiger partial charge in [0.15, 0.2) is 0 Å². The molecule has 1 N–H and O–H groups in total. The molecule has 0 spiro atoms. The molecule has 1 aliphatic carbocycles. The van der Waals surface area contributed by atoms with Gasteiger partial charge >= 0.3 is 0 Å². The number of nitrogens with one attached hydrogen (secondary N) is 1. The minimum Gasteiger partial charge on any atom is -0.338 e. The molecule has 3 heterocycles. The van der Waals surface area contributed by atoms with Crippen molar-refractivity contribution in [2.75, 3.05) is 26.2 Å². The van der Waals surface area contributed by atoms with Gasteiger partial charge in [0.25, 0.3) is 11.8 Å². The molecule has 0 unspecified atom stereocenters. The molecule has 2 saturated heterocycles. The van der Waals surface area contributed by atoms with Crippen LogP contribution in [0, 0.1) is 30.6 Å². The van der Waals surface area contributed by atoms with Gasteiger partial charge in [-0.3, -0.25) is 9.59 Å². The van der Waals surface area contributed by atoms with Gasteiger partial charge in [-0.25, -0.2) is 0 Å². The average Bonchev–Trinajstić information content (AvgIpc) is 3.56. The first-order valence-corrected chi connectivity index (χ1v) is 11.9. The summed E-state index contributed by atoms with van der Waals surface area (Å²) in [6.45, 7) is 5.23. The fourth-order valence-corrected chi connectivity index (χ4v) is 6.54. The number of hydrogen-bond donors (Lipinski definition) is 1. The van der Waals surface area contributed by atoms with Crippen LogP contribution in [0.15, 0.2) is 54.6 Å². The van der Waals surface area contributed by atoms with Crippen LogP contribution in [0.3, 0.4) is 0 Å². The van der Waals surface area contributed by atoms with Crippen LogP contribution in [0.2, 0.25) is 0 Å². The summed E-state index contributed by atoms with van der Waals surface area (Å²) in [5.74, 6) is 2.16. The minimum atomic E-state index is 0.0664. The van der Waals surface area contributed by atoms with Crippen LogP contribution in [0.1, 0.15) is 26.3 Å². The molecule has 3 aromatic carbocycles. The number of rotatable bonds is 2. The molecule has 7 nitrogen and oxygen atoms in total. The molecule has 1 saturated carbocycles. The van der Waals surface area contributed by atoms with Gasteiger partial charge in [-0.2, -0.15) is 15.4 Å². The van der Waals surface area contributed by atoms with Gasteiger partial charge < -0.3 is 9.80 Å². The Morgan fingerprint density at radius 1 is 0.706 bits per heavy atom. The largest absolute Gasteiger partial charge is 0.338 e. The van der Waals surface area contributed by atoms with Crippen LogP contribution < -0.4 is 0 Å². The highest BCUT2D eigenvalue weighted by atomic mass is 16.2. The minimum absolute atomic E-state index is 0.0664. The Kier molecular flexibility index (Phi) is 4.13. The van der Waals surface area contributed by atoms with Crippen molar-refractivity contribution >= 4 is 33.6 Å². The predicted molar refractivity (Wildman–Crippen MR) is 128 cm³/mol. The number of aromatic nitrogens is 3. The van der Waals surface area contributed by atoms with Crippen molar-refractivity contribution in [3.05, 3.63) is 71.3 Å². The van der Waals surface area contributed by atoms with Crippen molar-refractivity contribution in [3.8, 4) is 0 Å². The van der Waals surface area contributed by atoms with Crippen molar-refractivity contribution in [1.82, 2.24) is 25.2 Å². The maximum absolute atomic E-state index is 13.3. The van der Waals surface area contributed by atoms with Crippen LogP contribution in [0.5, 0.6) is 0 Å². The number of carbonyl (C=O) groups is 2. The monoisotopic (exact) mass is 451 g/mol. The number of benzene rings is 3. The normalized spacial score (nSPS) is 25.4. The highest BCUT2D eigenvalue weighted by Gasteiger charge is 2.59. The highest BCUT2D eigenvalue weighted by molar-refractivity contribution is 5.99. The van der Waals surface area contributed by atoms with Crippen LogP contribution in [0.25, 0.3) is 21.8 Å². The van der Waals surface area contributed by atoms with Gasteiger partial charge in [0, 0.05) is 37.3 Å². The number of aromatic amines is 1. The molecule has 3 aliphatic rings. The molecule has 0 radical (unpaired) electrons. The van der Waals surface area contributed by atoms with Gasteiger partial charge in [-0.1, -0.05) is 29.8 Å². The third-order valence-electron chi connectivity index (χ3n) is 8.30. The first-order chi connectivity index (χ1) is 16.5. The Balaban J connectivity index is 1.04. The summed E-state index contributed by atoms with van der Waals surface area (Å²) >= 11 is 0. The Labute approximate surface area is 196 Å². The Morgan fingerprint density at radius 3 is 1.91 bits per heavy atom. The lowest BCUT2D eigenvalue weighted by Gasteiger charge is -2.42. The highest BCUT2D eigenvalue weighted by Crippen LogP contribution is 2.54. The predicted octanol–water partition coefficient (Wildman–Crippen LogP) is 3.51. The molecular formula is C27H25N5O2. The maximum Gasteiger partial charge on any atom is 0.253 e. The molecule has 2 aliphatic heterocycles. The number of H-pyrrole nitrogens is 1. The van der Waals surface area contributed by atoms with Gasteiger partial charge in [-0.15, -0.1) is 0 Å². The first kappa shape index (κ1) is 19.7. The van der Waals surface area contributed by atoms with Crippen molar-refractivity contribution in [2.24, 2.45) is 23.7 Å². The molecule has 4 aromatic rings. The molecule has 1 aromatic heterocycles. The third-order valence-corrected chi connectivity index (χ3v) is 8.30. The number of amides is 2. The maximum atomic E-state index is 13.3. The lowest BCUT2D eigenvalue weighted by Crippen LogP contribution is -2.44. The summed E-state index contributed by atoms with van der Waals surface area (Å²) in [7, 11) is 0. The van der Waals surface area contributed by atoms with E-state index in [1.54, 1.807) is 0 Å². The van der Waals surface area contributed by atoms with Gasteiger partial charge in [0.1, 0.15) is 11.0 Å². The van der Waals surface area contributed by atoms with Crippen molar-refractivity contribution < 1.29 is 9.59 Å². The molecule has 2 amide bonds. The summed E-state index contributed by atoms with van der Waals surface area (Å²) in [4.78, 5) is 30.5. The van der Waals surface area contributed by atoms with E-state index in [4.69, 9.17) is 0 Å². The molecule has 7 heteroatoms. The Bertz CT molecular complexity index is 1460. The van der Waals surface area contributed by atoms with E-state index in [2.05, 4.69) is 46.6 Å². The number of hydrogen-bond acceptors (Lipinski definition) is 4. The number of aryl methyl sites for hydroxylation is 1. The quantitative estimate of drug-likeness (QED) is 0.506. The van der Waals surface area contributed by atoms with E-state index in [-0.39, 0.29) is 11.8 Å². The molecule has 34 heavy (non-hydrogen) atoms. The molecule has 0 bridgehead atoms. The Hall–Kier alpha value is -3.74. The lowest BCUT2D eigenvalue weighted by molar-refractivity contribution is 0.0629. The zero-order valence-electron chi connectivity index (χ0n) is 18.9. The van der Waals surface area contributed by atoms with Crippen LogP contribution >= 0.6 is 0 Å². The van der Waals surface area contributed by atoms with Gasteiger partial charge in [0.05, 0.1) is 0 Å². The number of nitrogens with zero attached hydrogens (tertiary/aromatic N) is 4. The van der Waals surface area contributed by atoms with E-state index < -0.39 is 0 Å². The van der Waals surface area contributed by atoms with Crippen molar-refractivity contribution in [2.45, 2.75) is 6.92 Å². The number of likely N-dealkylation sites (tertiary alicyclic amines) is 2. The van der Waals surface area contributed by atoms with E-state index in [0.717, 1.165) is 42.6 Å². The molecule has 4 atom stereocenters. The Morgan fingerprint density at radius 2 is 1.24 bits per heavy atom. The molecule has 170 valence electrons. The molecular weight excluding hydrogens is 426 g/mol. The fourth-order valence-electron chi connectivity index (χ4n) is 6.54. The average molecular weight is 452 g/mol. The lowest BCUT2D eigenvalue weighted by atomic mass is 9.60. The van der Waals surface area contributed by atoms with E-state index >= 15 is 0 Å². The van der Waals surface area contributed by atoms with Crippen molar-refractivity contribution in [3.63, 3.8) is 0 Å². The fraction of sp³-hybridized carbons (Fsp3) is 0.333. The van der Waals surface area contributed by atoms with Gasteiger partial charge in [0.2, 0.25) is 0 Å². The molecule has 3 fully saturated rings.